The third-order valence-corrected chi connectivity index (χ3v) is 6.58. The zero-order chi connectivity index (χ0) is 22.5. The van der Waals surface area contributed by atoms with Gasteiger partial charge in [-0.3, -0.25) is 20.0 Å². The van der Waals surface area contributed by atoms with Crippen LogP contribution in [-0.2, 0) is 0 Å². The highest BCUT2D eigenvalue weighted by Gasteiger charge is 2.19. The van der Waals surface area contributed by atoms with Crippen LogP contribution in [0.15, 0.2) is 68.2 Å². The molecule has 4 N–H and O–H groups in total. The van der Waals surface area contributed by atoms with Crippen LogP contribution in [-0.4, -0.2) is 44.1 Å². The van der Waals surface area contributed by atoms with Crippen molar-refractivity contribution in [2.75, 3.05) is 12.4 Å². The number of hydrogen-bond donors (Lipinski definition) is 3. The van der Waals surface area contributed by atoms with Crippen molar-refractivity contribution in [3.05, 3.63) is 59.5 Å². The molecule has 0 unspecified atom stereocenters. The molecule has 0 radical (unpaired) electrons. The maximum absolute atomic E-state index is 13.0. The van der Waals surface area contributed by atoms with E-state index in [1.165, 1.54) is 48.3 Å². The van der Waals surface area contributed by atoms with Gasteiger partial charge in [0.05, 0.1) is 12.0 Å². The van der Waals surface area contributed by atoms with E-state index in [-0.39, 0.29) is 5.69 Å². The molecule has 3 heterocycles. The Kier molecular flexibility index (Phi) is 6.68. The third kappa shape index (κ3) is 5.07. The van der Waals surface area contributed by atoms with Gasteiger partial charge in [0.1, 0.15) is 22.8 Å². The molecule has 10 nitrogen and oxygen atoms in total. The quantitative estimate of drug-likeness (QED) is 0.342. The number of methoxy groups -OCH3 is 1. The first-order valence-electron chi connectivity index (χ1n) is 8.94. The van der Waals surface area contributed by atoms with Crippen molar-refractivity contribution in [1.29, 1.82) is 0 Å². The van der Waals surface area contributed by atoms with E-state index in [2.05, 4.69) is 30.5 Å². The maximum Gasteiger partial charge on any atom is 0.277 e. The predicted molar refractivity (Wildman–Crippen MR) is 120 cm³/mol. The van der Waals surface area contributed by atoms with Crippen LogP contribution in [0.4, 0.5) is 5.13 Å². The Labute approximate surface area is 194 Å². The monoisotopic (exact) mass is 485 g/mol. The molecule has 162 valence electrons. The molecule has 0 aliphatic carbocycles. The van der Waals surface area contributed by atoms with Crippen molar-refractivity contribution in [1.82, 2.24) is 25.1 Å². The Morgan fingerprint density at radius 2 is 2.00 bits per heavy atom. The highest BCUT2D eigenvalue weighted by atomic mass is 32.2. The largest absolute Gasteiger partial charge is 0.496 e. The third-order valence-electron chi connectivity index (χ3n) is 3.96. The number of nitrogens with one attached hydrogen (secondary N) is 2. The minimum atomic E-state index is -0.557. The fourth-order valence-corrected chi connectivity index (χ4v) is 4.72. The Balaban J connectivity index is 1.68. The number of aromatic nitrogens is 5. The number of carbonyl (C=O) groups excluding carboxylic acids is 2. The second-order valence-corrected chi connectivity index (χ2v) is 9.00. The van der Waals surface area contributed by atoms with Gasteiger partial charge in [0.15, 0.2) is 10.3 Å². The smallest absolute Gasteiger partial charge is 0.277 e. The number of thiazole rings is 1. The van der Waals surface area contributed by atoms with Gasteiger partial charge in [-0.1, -0.05) is 11.8 Å². The molecule has 32 heavy (non-hydrogen) atoms. The zero-order valence-electron chi connectivity index (χ0n) is 16.4. The summed E-state index contributed by atoms with van der Waals surface area (Å²) in [6.45, 7) is 0. The summed E-state index contributed by atoms with van der Waals surface area (Å²) in [6, 6.07) is 8.43. The van der Waals surface area contributed by atoms with Gasteiger partial charge in [-0.2, -0.15) is 5.10 Å². The minimum absolute atomic E-state index is 0.204. The normalized spacial score (nSPS) is 10.7. The molecule has 0 atom stereocenters. The number of rotatable bonds is 8. The standard InChI is InChI=1S/C19H15N7O3S3/c1-29-11-8-10(16(20)27)2-3-12(11)31-13-4-5-14(32-19-22-9-23-26-19)24-15(13)17(28)25-18-21-6-7-30-18/h2-9H,1H3,(H2,20,27)(H,21,25,28)(H,22,23,26). The average molecular weight is 486 g/mol. The number of pyridine rings is 1. The molecule has 0 fully saturated rings. The molecule has 0 aliphatic heterocycles. The summed E-state index contributed by atoms with van der Waals surface area (Å²) in [7, 11) is 1.50. The van der Waals surface area contributed by atoms with Crippen LogP contribution in [0.3, 0.4) is 0 Å². The van der Waals surface area contributed by atoms with Crippen LogP contribution in [0.25, 0.3) is 0 Å². The summed E-state index contributed by atoms with van der Waals surface area (Å²) in [5.74, 6) is -0.508. The van der Waals surface area contributed by atoms with Gasteiger partial charge < -0.3 is 10.5 Å². The highest BCUT2D eigenvalue weighted by Crippen LogP contribution is 2.38. The predicted octanol–water partition coefficient (Wildman–Crippen LogP) is 3.32. The molecule has 4 aromatic rings. The van der Waals surface area contributed by atoms with Crippen LogP contribution in [0.2, 0.25) is 0 Å². The Hall–Kier alpha value is -3.42. The van der Waals surface area contributed by atoms with Crippen LogP contribution < -0.4 is 15.8 Å². The fraction of sp³-hybridized carbons (Fsp3) is 0.0526. The average Bonchev–Trinajstić information content (AvgIpc) is 3.49. The molecule has 0 bridgehead atoms. The highest BCUT2D eigenvalue weighted by molar-refractivity contribution is 7.99. The second kappa shape index (κ2) is 9.80. The Bertz CT molecular complexity index is 1250. The summed E-state index contributed by atoms with van der Waals surface area (Å²) < 4.78 is 5.41. The second-order valence-electron chi connectivity index (χ2n) is 6.01. The molecule has 1 aromatic carbocycles. The molecule has 0 aliphatic rings. The SMILES string of the molecule is COc1cc(C(N)=O)ccc1Sc1ccc(Sc2ncn[nH]2)nc1C(=O)Nc1nccs1. The molecule has 0 saturated carbocycles. The number of benzene rings is 1. The van der Waals surface area contributed by atoms with Crippen LogP contribution in [0, 0.1) is 0 Å². The van der Waals surface area contributed by atoms with E-state index in [0.717, 1.165) is 0 Å². The number of hydrogen-bond acceptors (Lipinski definition) is 10. The number of primary amides is 1. The number of amides is 2. The van der Waals surface area contributed by atoms with Crippen molar-refractivity contribution < 1.29 is 14.3 Å². The van der Waals surface area contributed by atoms with Crippen molar-refractivity contribution in [3.63, 3.8) is 0 Å². The first-order chi connectivity index (χ1) is 15.5. The van der Waals surface area contributed by atoms with Crippen LogP contribution in [0.5, 0.6) is 5.75 Å². The summed E-state index contributed by atoms with van der Waals surface area (Å²) in [6.07, 6.45) is 3.00. The molecular weight excluding hydrogens is 470 g/mol. The van der Waals surface area contributed by atoms with Gasteiger partial charge in [0.2, 0.25) is 5.91 Å². The molecule has 13 heteroatoms. The number of nitrogens with two attached hydrogens (primary N) is 1. The van der Waals surface area contributed by atoms with E-state index in [4.69, 9.17) is 10.5 Å². The summed E-state index contributed by atoms with van der Waals surface area (Å²) in [4.78, 5) is 38.5. The number of carbonyl (C=O) groups is 2. The molecule has 4 rings (SSSR count). The van der Waals surface area contributed by atoms with E-state index in [0.29, 0.717) is 36.4 Å². The van der Waals surface area contributed by atoms with E-state index in [1.54, 1.807) is 41.9 Å². The van der Waals surface area contributed by atoms with Gasteiger partial charge in [-0.25, -0.2) is 15.0 Å². The first-order valence-corrected chi connectivity index (χ1v) is 11.5. The number of anilines is 1. The lowest BCUT2D eigenvalue weighted by atomic mass is 10.2. The van der Waals surface area contributed by atoms with Gasteiger partial charge >= 0.3 is 0 Å². The lowest BCUT2D eigenvalue weighted by Crippen LogP contribution is -2.15. The number of H-pyrrole nitrogens is 1. The van der Waals surface area contributed by atoms with E-state index in [1.807, 2.05) is 0 Å². The number of nitrogens with zero attached hydrogens (tertiary/aromatic N) is 4. The molecule has 0 spiro atoms. The molecular formula is C19H15N7O3S3. The molecule has 0 saturated heterocycles. The van der Waals surface area contributed by atoms with Crippen LogP contribution in [0.1, 0.15) is 20.8 Å². The van der Waals surface area contributed by atoms with Crippen molar-refractivity contribution in [2.24, 2.45) is 5.73 Å². The van der Waals surface area contributed by atoms with Crippen LogP contribution >= 0.6 is 34.9 Å². The summed E-state index contributed by atoms with van der Waals surface area (Å²) in [5.41, 5.74) is 5.89. The van der Waals surface area contributed by atoms with E-state index < -0.39 is 11.8 Å². The lowest BCUT2D eigenvalue weighted by Gasteiger charge is -2.12. The molecule has 2 amide bonds. The maximum atomic E-state index is 13.0. The van der Waals surface area contributed by atoms with Crippen molar-refractivity contribution >= 4 is 51.8 Å². The van der Waals surface area contributed by atoms with Crippen molar-refractivity contribution in [2.45, 2.75) is 20.0 Å². The topological polar surface area (TPSA) is 149 Å². The molecule has 3 aromatic heterocycles. The summed E-state index contributed by atoms with van der Waals surface area (Å²) in [5, 5.41) is 12.7. The van der Waals surface area contributed by atoms with Crippen molar-refractivity contribution in [3.8, 4) is 5.75 Å². The number of ether oxygens (including phenoxy) is 1. The van der Waals surface area contributed by atoms with Gasteiger partial charge in [-0.05, 0) is 42.1 Å². The fourth-order valence-electron chi connectivity index (χ4n) is 2.54. The minimum Gasteiger partial charge on any atom is -0.496 e. The Morgan fingerprint density at radius 3 is 2.69 bits per heavy atom. The summed E-state index contributed by atoms with van der Waals surface area (Å²) >= 11 is 3.83. The van der Waals surface area contributed by atoms with Gasteiger partial charge in [0, 0.05) is 22.0 Å². The van der Waals surface area contributed by atoms with E-state index >= 15 is 0 Å². The Morgan fingerprint density at radius 1 is 1.16 bits per heavy atom. The van der Waals surface area contributed by atoms with Gasteiger partial charge in [0.25, 0.3) is 5.91 Å². The van der Waals surface area contributed by atoms with Gasteiger partial charge in [-0.15, -0.1) is 11.3 Å². The number of aromatic amines is 1. The van der Waals surface area contributed by atoms with E-state index in [9.17, 15) is 9.59 Å². The first kappa shape index (κ1) is 21.8. The zero-order valence-corrected chi connectivity index (χ0v) is 18.9. The lowest BCUT2D eigenvalue weighted by molar-refractivity contribution is 0.0996.